The molecule has 0 radical (unpaired) electrons. The summed E-state index contributed by atoms with van der Waals surface area (Å²) >= 11 is 3.38. The zero-order valence-electron chi connectivity index (χ0n) is 9.23. The van der Waals surface area contributed by atoms with E-state index in [1.54, 1.807) is 0 Å². The van der Waals surface area contributed by atoms with Gasteiger partial charge in [0.2, 0.25) is 0 Å². The maximum Gasteiger partial charge on any atom is 0.114 e. The molecule has 2 rings (SSSR count). The number of imidazole rings is 1. The van der Waals surface area contributed by atoms with Crippen LogP contribution in [-0.4, -0.2) is 14.5 Å². The molecule has 3 nitrogen and oxygen atoms in total. The van der Waals surface area contributed by atoms with Crippen molar-refractivity contribution in [2.75, 3.05) is 0 Å². The van der Waals surface area contributed by atoms with Crippen LogP contribution in [0.5, 0.6) is 0 Å². The third kappa shape index (κ3) is 2.70. The number of nitrogens with zero attached hydrogens (tertiary/aromatic N) is 3. The molecule has 0 aliphatic rings. The SMILES string of the molecule is CCCn1ccnc1Cc1cccc(Br)n1. The molecule has 0 unspecified atom stereocenters. The minimum Gasteiger partial charge on any atom is -0.335 e. The van der Waals surface area contributed by atoms with E-state index in [1.165, 1.54) is 0 Å². The van der Waals surface area contributed by atoms with Crippen molar-refractivity contribution in [3.05, 3.63) is 46.7 Å². The van der Waals surface area contributed by atoms with Gasteiger partial charge in [-0.3, -0.25) is 0 Å². The summed E-state index contributed by atoms with van der Waals surface area (Å²) in [6.07, 6.45) is 5.78. The second-order valence-electron chi connectivity index (χ2n) is 3.67. The summed E-state index contributed by atoms with van der Waals surface area (Å²) < 4.78 is 3.06. The number of halogens is 1. The molecule has 0 aliphatic carbocycles. The van der Waals surface area contributed by atoms with Crippen molar-refractivity contribution in [2.24, 2.45) is 0 Å². The summed E-state index contributed by atoms with van der Waals surface area (Å²) in [6, 6.07) is 5.96. The summed E-state index contributed by atoms with van der Waals surface area (Å²) in [5, 5.41) is 0. The number of pyridine rings is 1. The molecular formula is C12H14BrN3. The average molecular weight is 280 g/mol. The first-order valence-electron chi connectivity index (χ1n) is 5.41. The molecule has 0 saturated heterocycles. The van der Waals surface area contributed by atoms with Crippen molar-refractivity contribution in [1.82, 2.24) is 14.5 Å². The third-order valence-electron chi connectivity index (χ3n) is 2.38. The maximum absolute atomic E-state index is 4.41. The quantitative estimate of drug-likeness (QED) is 0.806. The zero-order valence-corrected chi connectivity index (χ0v) is 10.8. The van der Waals surface area contributed by atoms with Gasteiger partial charge in [0.15, 0.2) is 0 Å². The van der Waals surface area contributed by atoms with Crippen molar-refractivity contribution in [1.29, 1.82) is 0 Å². The first-order chi connectivity index (χ1) is 7.79. The predicted octanol–water partition coefficient (Wildman–Crippen LogP) is 3.04. The van der Waals surface area contributed by atoms with Crippen LogP contribution >= 0.6 is 15.9 Å². The molecule has 0 aromatic carbocycles. The van der Waals surface area contributed by atoms with E-state index < -0.39 is 0 Å². The van der Waals surface area contributed by atoms with Crippen LogP contribution in [0.4, 0.5) is 0 Å². The Bertz CT molecular complexity index is 465. The lowest BCUT2D eigenvalue weighted by Crippen LogP contribution is -2.04. The lowest BCUT2D eigenvalue weighted by Gasteiger charge is -2.05. The highest BCUT2D eigenvalue weighted by Crippen LogP contribution is 2.10. The molecule has 4 heteroatoms. The van der Waals surface area contributed by atoms with Gasteiger partial charge in [-0.1, -0.05) is 13.0 Å². The second-order valence-corrected chi connectivity index (χ2v) is 4.48. The molecule has 0 bridgehead atoms. The molecule has 0 saturated carbocycles. The van der Waals surface area contributed by atoms with Gasteiger partial charge < -0.3 is 4.57 Å². The first kappa shape index (κ1) is 11.3. The largest absolute Gasteiger partial charge is 0.335 e. The van der Waals surface area contributed by atoms with Gasteiger partial charge in [0, 0.05) is 31.1 Å². The molecule has 0 N–H and O–H groups in total. The summed E-state index contributed by atoms with van der Waals surface area (Å²) in [4.78, 5) is 8.78. The first-order valence-corrected chi connectivity index (χ1v) is 6.20. The molecule has 84 valence electrons. The average Bonchev–Trinajstić information content (AvgIpc) is 2.66. The fourth-order valence-corrected chi connectivity index (χ4v) is 2.04. The summed E-state index contributed by atoms with van der Waals surface area (Å²) in [5.74, 6) is 1.08. The Morgan fingerprint density at radius 1 is 1.38 bits per heavy atom. The van der Waals surface area contributed by atoms with Gasteiger partial charge in [-0.05, 0) is 34.5 Å². The Balaban J connectivity index is 2.17. The van der Waals surface area contributed by atoms with E-state index in [0.717, 1.165) is 35.5 Å². The number of aryl methyl sites for hydroxylation is 1. The van der Waals surface area contributed by atoms with E-state index >= 15 is 0 Å². The van der Waals surface area contributed by atoms with Crippen molar-refractivity contribution < 1.29 is 0 Å². The van der Waals surface area contributed by atoms with Crippen LogP contribution < -0.4 is 0 Å². The summed E-state index contributed by atoms with van der Waals surface area (Å²) in [5.41, 5.74) is 1.04. The maximum atomic E-state index is 4.41. The molecule has 0 aliphatic heterocycles. The molecule has 0 fully saturated rings. The molecule has 16 heavy (non-hydrogen) atoms. The van der Waals surface area contributed by atoms with Crippen molar-refractivity contribution in [3.63, 3.8) is 0 Å². The van der Waals surface area contributed by atoms with Crippen molar-refractivity contribution in [2.45, 2.75) is 26.3 Å². The van der Waals surface area contributed by atoms with E-state index in [9.17, 15) is 0 Å². The minimum atomic E-state index is 0.784. The fourth-order valence-electron chi connectivity index (χ4n) is 1.66. The molecule has 2 aromatic heterocycles. The molecule has 0 amide bonds. The molecule has 0 spiro atoms. The Labute approximate surface area is 104 Å². The van der Waals surface area contributed by atoms with Gasteiger partial charge in [-0.25, -0.2) is 9.97 Å². The summed E-state index contributed by atoms with van der Waals surface area (Å²) in [7, 11) is 0. The summed E-state index contributed by atoms with van der Waals surface area (Å²) in [6.45, 7) is 3.18. The van der Waals surface area contributed by atoms with Gasteiger partial charge >= 0.3 is 0 Å². The molecule has 2 aromatic rings. The number of hydrogen-bond donors (Lipinski definition) is 0. The Kier molecular flexibility index (Phi) is 3.72. The van der Waals surface area contributed by atoms with Gasteiger partial charge in [0.05, 0.1) is 0 Å². The normalized spacial score (nSPS) is 10.6. The number of aromatic nitrogens is 3. The van der Waals surface area contributed by atoms with Crippen LogP contribution in [0.3, 0.4) is 0 Å². The molecule has 0 atom stereocenters. The Hall–Kier alpha value is -1.16. The van der Waals surface area contributed by atoms with Gasteiger partial charge in [-0.15, -0.1) is 0 Å². The fraction of sp³-hybridized carbons (Fsp3) is 0.333. The minimum absolute atomic E-state index is 0.784. The van der Waals surface area contributed by atoms with Crippen LogP contribution in [0.15, 0.2) is 35.2 Å². The lowest BCUT2D eigenvalue weighted by atomic mass is 10.2. The monoisotopic (exact) mass is 279 g/mol. The molecular weight excluding hydrogens is 266 g/mol. The van der Waals surface area contributed by atoms with Gasteiger partial charge in [-0.2, -0.15) is 0 Å². The highest BCUT2D eigenvalue weighted by atomic mass is 79.9. The van der Waals surface area contributed by atoms with E-state index in [-0.39, 0.29) is 0 Å². The smallest absolute Gasteiger partial charge is 0.114 e. The Morgan fingerprint density at radius 3 is 3.00 bits per heavy atom. The van der Waals surface area contributed by atoms with Crippen LogP contribution in [0.2, 0.25) is 0 Å². The number of hydrogen-bond acceptors (Lipinski definition) is 2. The highest BCUT2D eigenvalue weighted by Gasteiger charge is 2.04. The Morgan fingerprint density at radius 2 is 2.25 bits per heavy atom. The lowest BCUT2D eigenvalue weighted by molar-refractivity contribution is 0.644. The zero-order chi connectivity index (χ0) is 11.4. The predicted molar refractivity (Wildman–Crippen MR) is 67.3 cm³/mol. The van der Waals surface area contributed by atoms with Crippen LogP contribution in [0.25, 0.3) is 0 Å². The van der Waals surface area contributed by atoms with Crippen molar-refractivity contribution >= 4 is 15.9 Å². The molecule has 2 heterocycles. The standard InChI is InChI=1S/C12H14BrN3/c1-2-7-16-8-6-14-12(16)9-10-4-3-5-11(13)15-10/h3-6,8H,2,7,9H2,1H3. The van der Waals surface area contributed by atoms with E-state index in [2.05, 4.69) is 37.4 Å². The third-order valence-corrected chi connectivity index (χ3v) is 2.82. The number of rotatable bonds is 4. The topological polar surface area (TPSA) is 30.7 Å². The second kappa shape index (κ2) is 5.25. The van der Waals surface area contributed by atoms with E-state index in [0.29, 0.717) is 0 Å². The van der Waals surface area contributed by atoms with Crippen molar-refractivity contribution in [3.8, 4) is 0 Å². The van der Waals surface area contributed by atoms with Crippen LogP contribution in [0.1, 0.15) is 24.9 Å². The van der Waals surface area contributed by atoms with E-state index in [1.807, 2.05) is 30.6 Å². The van der Waals surface area contributed by atoms with Gasteiger partial charge in [0.1, 0.15) is 10.4 Å². The van der Waals surface area contributed by atoms with E-state index in [4.69, 9.17) is 0 Å². The van der Waals surface area contributed by atoms with Crippen LogP contribution in [0, 0.1) is 0 Å². The van der Waals surface area contributed by atoms with Crippen LogP contribution in [-0.2, 0) is 13.0 Å². The highest BCUT2D eigenvalue weighted by molar-refractivity contribution is 9.10. The van der Waals surface area contributed by atoms with Gasteiger partial charge in [0.25, 0.3) is 0 Å².